The highest BCUT2D eigenvalue weighted by Gasteiger charge is 2.23. The van der Waals surface area contributed by atoms with Crippen LogP contribution in [0.15, 0.2) is 18.2 Å². The number of alkyl halides is 1. The van der Waals surface area contributed by atoms with Crippen LogP contribution in [0.4, 0.5) is 0 Å². The Labute approximate surface area is 105 Å². The Morgan fingerprint density at radius 1 is 1.12 bits per heavy atom. The van der Waals surface area contributed by atoms with Crippen molar-refractivity contribution in [1.29, 1.82) is 0 Å². The highest BCUT2D eigenvalue weighted by molar-refractivity contribution is 6.18. The molecule has 0 aliphatic heterocycles. The van der Waals surface area contributed by atoms with Crippen LogP contribution in [0.25, 0.3) is 0 Å². The molecule has 0 aliphatic carbocycles. The maximum absolute atomic E-state index is 6.07. The molecule has 16 heavy (non-hydrogen) atoms. The van der Waals surface area contributed by atoms with E-state index in [1.807, 2.05) is 0 Å². The minimum Gasteiger partial charge on any atom is -0.126 e. The standard InChI is InChI=1S/C15H23Cl/c1-11-6-7-13(8-12(11)2)9-14(10-16)15(3,4)5/h6-8,14H,9-10H2,1-5H3. The van der Waals surface area contributed by atoms with E-state index in [9.17, 15) is 0 Å². The highest BCUT2D eigenvalue weighted by atomic mass is 35.5. The lowest BCUT2D eigenvalue weighted by Gasteiger charge is -2.29. The molecule has 1 aromatic rings. The summed E-state index contributed by atoms with van der Waals surface area (Å²) in [6.45, 7) is 11.1. The van der Waals surface area contributed by atoms with Gasteiger partial charge in [0.15, 0.2) is 0 Å². The zero-order chi connectivity index (χ0) is 12.3. The molecule has 0 heterocycles. The van der Waals surface area contributed by atoms with Crippen LogP contribution in [0.3, 0.4) is 0 Å². The van der Waals surface area contributed by atoms with Gasteiger partial charge in [0.05, 0.1) is 0 Å². The summed E-state index contributed by atoms with van der Waals surface area (Å²) in [5.74, 6) is 1.27. The fourth-order valence-corrected chi connectivity index (χ4v) is 2.38. The molecular weight excluding hydrogens is 216 g/mol. The third-order valence-corrected chi connectivity index (χ3v) is 3.84. The number of rotatable bonds is 3. The molecule has 1 heteroatoms. The molecule has 1 atom stereocenters. The van der Waals surface area contributed by atoms with Gasteiger partial charge in [0.25, 0.3) is 0 Å². The molecule has 0 bridgehead atoms. The zero-order valence-corrected chi connectivity index (χ0v) is 11.9. The van der Waals surface area contributed by atoms with Crippen molar-refractivity contribution >= 4 is 11.6 Å². The van der Waals surface area contributed by atoms with E-state index in [1.54, 1.807) is 0 Å². The number of aryl methyl sites for hydroxylation is 2. The Balaban J connectivity index is 2.83. The van der Waals surface area contributed by atoms with Crippen LogP contribution in [0.5, 0.6) is 0 Å². The van der Waals surface area contributed by atoms with Gasteiger partial charge in [-0.15, -0.1) is 11.6 Å². The van der Waals surface area contributed by atoms with Crippen LogP contribution in [0.2, 0.25) is 0 Å². The van der Waals surface area contributed by atoms with Gasteiger partial charge in [-0.2, -0.15) is 0 Å². The summed E-state index contributed by atoms with van der Waals surface area (Å²) >= 11 is 6.07. The molecule has 0 radical (unpaired) electrons. The van der Waals surface area contributed by atoms with Gasteiger partial charge in [-0.05, 0) is 48.3 Å². The molecule has 90 valence electrons. The maximum atomic E-state index is 6.07. The lowest BCUT2D eigenvalue weighted by molar-refractivity contribution is 0.264. The minimum absolute atomic E-state index is 0.278. The molecule has 0 aromatic heterocycles. The van der Waals surface area contributed by atoms with Crippen molar-refractivity contribution in [3.63, 3.8) is 0 Å². The summed E-state index contributed by atoms with van der Waals surface area (Å²) in [7, 11) is 0. The van der Waals surface area contributed by atoms with E-state index in [0.29, 0.717) is 5.92 Å². The monoisotopic (exact) mass is 238 g/mol. The molecule has 0 N–H and O–H groups in total. The summed E-state index contributed by atoms with van der Waals surface area (Å²) in [6, 6.07) is 6.73. The lowest BCUT2D eigenvalue weighted by atomic mass is 9.78. The number of hydrogen-bond donors (Lipinski definition) is 0. The molecule has 0 saturated carbocycles. The van der Waals surface area contributed by atoms with Crippen LogP contribution in [0, 0.1) is 25.2 Å². The Kier molecular flexibility index (Phi) is 4.43. The third-order valence-electron chi connectivity index (χ3n) is 3.46. The smallest absolute Gasteiger partial charge is 0.0259 e. The largest absolute Gasteiger partial charge is 0.126 e. The van der Waals surface area contributed by atoms with Crippen molar-refractivity contribution < 1.29 is 0 Å². The Morgan fingerprint density at radius 2 is 1.75 bits per heavy atom. The van der Waals surface area contributed by atoms with Crippen LogP contribution in [0.1, 0.15) is 37.5 Å². The summed E-state index contributed by atoms with van der Waals surface area (Å²) in [4.78, 5) is 0. The van der Waals surface area contributed by atoms with Gasteiger partial charge in [-0.3, -0.25) is 0 Å². The Morgan fingerprint density at radius 3 is 2.19 bits per heavy atom. The first-order valence-corrected chi connectivity index (χ1v) is 6.50. The van der Waals surface area contributed by atoms with E-state index < -0.39 is 0 Å². The second-order valence-corrected chi connectivity index (χ2v) is 6.15. The quantitative estimate of drug-likeness (QED) is 0.667. The fourth-order valence-electron chi connectivity index (χ4n) is 1.81. The first-order chi connectivity index (χ1) is 7.34. The Bertz CT molecular complexity index is 347. The first-order valence-electron chi connectivity index (χ1n) is 5.96. The van der Waals surface area contributed by atoms with Crippen molar-refractivity contribution in [3.8, 4) is 0 Å². The summed E-state index contributed by atoms with van der Waals surface area (Å²) in [6.07, 6.45) is 1.08. The number of benzene rings is 1. The fraction of sp³-hybridized carbons (Fsp3) is 0.600. The van der Waals surface area contributed by atoms with Crippen LogP contribution < -0.4 is 0 Å². The minimum atomic E-state index is 0.278. The molecule has 0 fully saturated rings. The van der Waals surface area contributed by atoms with Crippen molar-refractivity contribution in [3.05, 3.63) is 34.9 Å². The predicted molar refractivity (Wildman–Crippen MR) is 73.3 cm³/mol. The normalized spacial score (nSPS) is 13.9. The average Bonchev–Trinajstić information content (AvgIpc) is 2.18. The average molecular weight is 239 g/mol. The topological polar surface area (TPSA) is 0 Å². The summed E-state index contributed by atoms with van der Waals surface area (Å²) < 4.78 is 0. The summed E-state index contributed by atoms with van der Waals surface area (Å²) in [5, 5.41) is 0. The van der Waals surface area contributed by atoms with E-state index in [4.69, 9.17) is 11.6 Å². The third kappa shape index (κ3) is 3.52. The van der Waals surface area contributed by atoms with E-state index in [-0.39, 0.29) is 5.41 Å². The lowest BCUT2D eigenvalue weighted by Crippen LogP contribution is -2.24. The van der Waals surface area contributed by atoms with Crippen LogP contribution in [-0.2, 0) is 6.42 Å². The molecular formula is C15H23Cl. The van der Waals surface area contributed by atoms with Crippen molar-refractivity contribution in [2.24, 2.45) is 11.3 Å². The zero-order valence-electron chi connectivity index (χ0n) is 11.1. The highest BCUT2D eigenvalue weighted by Crippen LogP contribution is 2.30. The van der Waals surface area contributed by atoms with Crippen LogP contribution >= 0.6 is 11.6 Å². The van der Waals surface area contributed by atoms with Crippen LogP contribution in [-0.4, -0.2) is 5.88 Å². The van der Waals surface area contributed by atoms with Gasteiger partial charge in [-0.1, -0.05) is 39.0 Å². The second-order valence-electron chi connectivity index (χ2n) is 5.84. The SMILES string of the molecule is Cc1ccc(CC(CCl)C(C)(C)C)cc1C. The maximum Gasteiger partial charge on any atom is 0.0259 e. The molecule has 1 rings (SSSR count). The molecule has 0 saturated heterocycles. The second kappa shape index (κ2) is 5.23. The van der Waals surface area contributed by atoms with E-state index in [0.717, 1.165) is 12.3 Å². The van der Waals surface area contributed by atoms with Gasteiger partial charge in [0, 0.05) is 5.88 Å². The van der Waals surface area contributed by atoms with Crippen molar-refractivity contribution in [1.82, 2.24) is 0 Å². The molecule has 0 spiro atoms. The van der Waals surface area contributed by atoms with E-state index >= 15 is 0 Å². The van der Waals surface area contributed by atoms with Gasteiger partial charge < -0.3 is 0 Å². The number of hydrogen-bond acceptors (Lipinski definition) is 0. The number of halogens is 1. The summed E-state index contributed by atoms with van der Waals surface area (Å²) in [5.41, 5.74) is 4.42. The molecule has 1 aromatic carbocycles. The molecule has 0 amide bonds. The molecule has 1 unspecified atom stereocenters. The van der Waals surface area contributed by atoms with Gasteiger partial charge >= 0.3 is 0 Å². The van der Waals surface area contributed by atoms with E-state index in [2.05, 4.69) is 52.8 Å². The van der Waals surface area contributed by atoms with Crippen molar-refractivity contribution in [2.75, 3.05) is 5.88 Å². The molecule has 0 aliphatic rings. The van der Waals surface area contributed by atoms with Gasteiger partial charge in [-0.25, -0.2) is 0 Å². The van der Waals surface area contributed by atoms with Crippen molar-refractivity contribution in [2.45, 2.75) is 41.0 Å². The van der Waals surface area contributed by atoms with Gasteiger partial charge in [0.2, 0.25) is 0 Å². The Hall–Kier alpha value is -0.490. The van der Waals surface area contributed by atoms with Gasteiger partial charge in [0.1, 0.15) is 0 Å². The molecule has 0 nitrogen and oxygen atoms in total. The van der Waals surface area contributed by atoms with E-state index in [1.165, 1.54) is 16.7 Å². The first kappa shape index (κ1) is 13.6. The predicted octanol–water partition coefficient (Wildman–Crippen LogP) is 4.75.